The minimum Gasteiger partial charge on any atom is -0.508 e. The molecule has 2 unspecified atom stereocenters. The van der Waals surface area contributed by atoms with Gasteiger partial charge in [0, 0.05) is 48.5 Å². The second-order valence-corrected chi connectivity index (χ2v) is 13.5. The number of nitrogens with one attached hydrogen (secondary N) is 1. The maximum atomic E-state index is 16.9. The number of pyridine rings is 1. The number of phenols is 1. The van der Waals surface area contributed by atoms with Gasteiger partial charge in [0.05, 0.1) is 11.1 Å². The Labute approximate surface area is 254 Å². The van der Waals surface area contributed by atoms with Gasteiger partial charge in [0.25, 0.3) is 0 Å². The van der Waals surface area contributed by atoms with Crippen molar-refractivity contribution < 1.29 is 32.1 Å². The molecule has 7 aliphatic rings. The molecule has 0 amide bonds. The van der Waals surface area contributed by atoms with Crippen LogP contribution in [-0.4, -0.2) is 87.1 Å². The molecule has 232 valence electrons. The van der Waals surface area contributed by atoms with E-state index in [0.717, 1.165) is 37.9 Å². The number of aromatic hydroxyl groups is 1. The van der Waals surface area contributed by atoms with Crippen LogP contribution in [0.2, 0.25) is 0 Å². The highest BCUT2D eigenvalue weighted by atomic mass is 19.2. The van der Waals surface area contributed by atoms with Crippen LogP contribution in [0.15, 0.2) is 24.3 Å². The molecule has 45 heavy (non-hydrogen) atoms. The predicted octanol–water partition coefficient (Wildman–Crippen LogP) is 4.23. The molecule has 6 aliphatic heterocycles. The van der Waals surface area contributed by atoms with E-state index >= 15 is 8.78 Å². The molecule has 1 aliphatic carbocycles. The first-order valence-electron chi connectivity index (χ1n) is 15.5. The van der Waals surface area contributed by atoms with Crippen molar-refractivity contribution in [2.45, 2.75) is 55.0 Å². The fraction of sp³-hybridized carbons (Fsp3) is 0.469. The van der Waals surface area contributed by atoms with Crippen LogP contribution in [0.1, 0.15) is 25.7 Å². The number of benzene rings is 2. The van der Waals surface area contributed by atoms with Gasteiger partial charge in [-0.25, -0.2) is 22.5 Å². The van der Waals surface area contributed by atoms with Gasteiger partial charge in [0.15, 0.2) is 17.5 Å². The molecule has 1 spiro atoms. The third-order valence-corrected chi connectivity index (χ3v) is 11.2. The molecule has 2 aromatic heterocycles. The average molecular weight is 621 g/mol. The number of aromatic nitrogens is 3. The summed E-state index contributed by atoms with van der Waals surface area (Å²) >= 11 is 0. The first-order chi connectivity index (χ1) is 21.8. The molecule has 8 heterocycles. The summed E-state index contributed by atoms with van der Waals surface area (Å²) in [6, 6.07) is 5.07. The van der Waals surface area contributed by atoms with E-state index in [1.165, 1.54) is 12.1 Å². The Kier molecular flexibility index (Phi) is 5.04. The minimum atomic E-state index is -1.19. The lowest BCUT2D eigenvalue weighted by atomic mass is 9.95. The van der Waals surface area contributed by atoms with E-state index in [1.54, 1.807) is 0 Å². The number of piperazine rings is 1. The summed E-state index contributed by atoms with van der Waals surface area (Å²) in [7, 11) is 0. The highest BCUT2D eigenvalue weighted by Crippen LogP contribution is 2.62. The van der Waals surface area contributed by atoms with Crippen molar-refractivity contribution in [1.82, 2.24) is 25.2 Å². The van der Waals surface area contributed by atoms with E-state index in [1.807, 2.05) is 0 Å². The second kappa shape index (κ2) is 8.64. The molecule has 11 rings (SSSR count). The molecule has 1 saturated carbocycles. The number of ether oxygens (including phenoxy) is 2. The van der Waals surface area contributed by atoms with Crippen molar-refractivity contribution in [2.24, 2.45) is 5.92 Å². The number of hydrogen-bond donors (Lipinski definition) is 2. The lowest BCUT2D eigenvalue weighted by Gasteiger charge is -2.42. The van der Waals surface area contributed by atoms with Crippen molar-refractivity contribution in [2.75, 3.05) is 37.7 Å². The van der Waals surface area contributed by atoms with E-state index in [0.29, 0.717) is 31.2 Å². The molecule has 6 atom stereocenters. The van der Waals surface area contributed by atoms with E-state index in [-0.39, 0.29) is 75.9 Å². The van der Waals surface area contributed by atoms with Crippen LogP contribution >= 0.6 is 0 Å². The Morgan fingerprint density at radius 2 is 1.98 bits per heavy atom. The normalized spacial score (nSPS) is 32.5. The monoisotopic (exact) mass is 620 g/mol. The number of piperidine rings is 2. The van der Waals surface area contributed by atoms with Crippen LogP contribution in [0.3, 0.4) is 0 Å². The topological polar surface area (TPSA) is 95.9 Å². The van der Waals surface area contributed by atoms with Crippen molar-refractivity contribution in [3.63, 3.8) is 0 Å². The van der Waals surface area contributed by atoms with Crippen LogP contribution in [0.5, 0.6) is 17.6 Å². The molecular weight excluding hydrogens is 592 g/mol. The lowest BCUT2D eigenvalue weighted by Crippen LogP contribution is -2.60. The van der Waals surface area contributed by atoms with Crippen molar-refractivity contribution >= 4 is 27.5 Å². The third-order valence-electron chi connectivity index (χ3n) is 11.2. The van der Waals surface area contributed by atoms with Crippen molar-refractivity contribution in [3.05, 3.63) is 41.7 Å². The van der Waals surface area contributed by atoms with Crippen LogP contribution in [0.4, 0.5) is 23.4 Å². The first-order valence-corrected chi connectivity index (χ1v) is 15.5. The highest BCUT2D eigenvalue weighted by Gasteiger charge is 2.76. The molecule has 2 N–H and O–H groups in total. The van der Waals surface area contributed by atoms with Gasteiger partial charge in [-0.05, 0) is 49.4 Å². The molecule has 13 heteroatoms. The van der Waals surface area contributed by atoms with Gasteiger partial charge in [-0.2, -0.15) is 9.97 Å². The molecule has 9 nitrogen and oxygen atoms in total. The molecule has 4 bridgehead atoms. The summed E-state index contributed by atoms with van der Waals surface area (Å²) in [4.78, 5) is 18.2. The Balaban J connectivity index is 1.18. The number of hydrogen-bond acceptors (Lipinski definition) is 9. The highest BCUT2D eigenvalue weighted by molar-refractivity contribution is 6.02. The van der Waals surface area contributed by atoms with Gasteiger partial charge in [-0.1, -0.05) is 6.07 Å². The molecule has 5 saturated heterocycles. The van der Waals surface area contributed by atoms with Gasteiger partial charge >= 0.3 is 6.01 Å². The maximum Gasteiger partial charge on any atom is 0.319 e. The number of phenolic OH excluding ortho intramolecular Hbond substituents is 1. The molecular formula is C32H28F4N6O3. The fourth-order valence-electron chi connectivity index (χ4n) is 9.22. The zero-order valence-electron chi connectivity index (χ0n) is 24.0. The van der Waals surface area contributed by atoms with E-state index in [4.69, 9.17) is 14.5 Å². The van der Waals surface area contributed by atoms with Gasteiger partial charge in [-0.3, -0.25) is 4.90 Å². The summed E-state index contributed by atoms with van der Waals surface area (Å²) in [5.41, 5.74) is -1.49. The summed E-state index contributed by atoms with van der Waals surface area (Å²) in [6.45, 7) is 2.21. The predicted molar refractivity (Wildman–Crippen MR) is 155 cm³/mol. The minimum absolute atomic E-state index is 0.0533. The van der Waals surface area contributed by atoms with Gasteiger partial charge in [-0.15, -0.1) is 0 Å². The summed E-state index contributed by atoms with van der Waals surface area (Å²) < 4.78 is 73.6. The molecule has 0 radical (unpaired) electrons. The molecule has 6 fully saturated rings. The van der Waals surface area contributed by atoms with Crippen LogP contribution in [0, 0.1) is 23.4 Å². The summed E-state index contributed by atoms with van der Waals surface area (Å²) in [5.74, 6) is -2.64. The van der Waals surface area contributed by atoms with E-state index in [9.17, 15) is 13.9 Å². The smallest absolute Gasteiger partial charge is 0.319 e. The van der Waals surface area contributed by atoms with Crippen molar-refractivity contribution in [1.29, 1.82) is 0 Å². The Bertz CT molecular complexity index is 1970. The maximum absolute atomic E-state index is 16.9. The van der Waals surface area contributed by atoms with Crippen LogP contribution in [-0.2, 0) is 0 Å². The fourth-order valence-corrected chi connectivity index (χ4v) is 9.22. The summed E-state index contributed by atoms with van der Waals surface area (Å²) in [5, 5.41) is 14.4. The van der Waals surface area contributed by atoms with Crippen molar-refractivity contribution in [3.8, 4) is 28.9 Å². The lowest BCUT2D eigenvalue weighted by molar-refractivity contribution is 0.107. The summed E-state index contributed by atoms with van der Waals surface area (Å²) in [6.07, 6.45) is 2.13. The standard InChI is InChI=1S/C32H28F4N6O3/c33-15-9-31(4-1-5-41(31)10-15)12-45-30-39-26-22-28(40-30)42-11-16-7-19-27(37-16)32(19,42)13-44-29(22)38-25(24(26)36)18-8-17(43)6-14-2-3-20(34)23(35)21(14)18/h2-3,6,8,15-16,19,27,37,43H,1,4-5,7,9-13H2/t15-,16?,19?,27+,31+,32-/m1/s1. The third kappa shape index (κ3) is 3.37. The zero-order chi connectivity index (χ0) is 30.4. The first kappa shape index (κ1) is 26.3. The Morgan fingerprint density at radius 3 is 2.82 bits per heavy atom. The SMILES string of the molecule is Oc1cc(-c2nc3c4c(nc(OC[C@@]56CCCN5C[C@H](F)C6)nc4c2F)N2CC4CC5[C@H](N4)[C@@]52CO3)c2c(F)c(F)ccc2c1. The number of fused-ring (bicyclic) bond motifs is 2. The number of nitrogens with zero attached hydrogens (tertiary/aromatic N) is 5. The van der Waals surface area contributed by atoms with E-state index < -0.39 is 34.7 Å². The van der Waals surface area contributed by atoms with Gasteiger partial charge in [0.2, 0.25) is 5.88 Å². The number of rotatable bonds is 4. The van der Waals surface area contributed by atoms with Crippen LogP contribution < -0.4 is 19.7 Å². The van der Waals surface area contributed by atoms with Gasteiger partial charge < -0.3 is 24.8 Å². The average Bonchev–Trinajstić information content (AvgIpc) is 3.26. The molecule has 2 aromatic carbocycles. The Morgan fingerprint density at radius 1 is 1.09 bits per heavy atom. The molecule has 4 aromatic rings. The number of anilines is 1. The zero-order valence-corrected chi connectivity index (χ0v) is 24.0. The van der Waals surface area contributed by atoms with Gasteiger partial charge in [0.1, 0.15) is 47.5 Å². The second-order valence-electron chi connectivity index (χ2n) is 13.5. The quantitative estimate of drug-likeness (QED) is 0.325. The largest absolute Gasteiger partial charge is 0.508 e. The Hall–Kier alpha value is -3.97. The number of halogens is 4. The van der Waals surface area contributed by atoms with E-state index in [2.05, 4.69) is 25.1 Å². The number of alkyl halides is 1. The van der Waals surface area contributed by atoms with Crippen LogP contribution in [0.25, 0.3) is 32.9 Å².